The number of aliphatic hydroxyl groups is 1. The molecule has 1 aromatic carbocycles. The summed E-state index contributed by atoms with van der Waals surface area (Å²) in [4.78, 5) is 0. The molecule has 0 aliphatic heterocycles. The number of hydrogen-bond donors (Lipinski definition) is 2. The number of nitriles is 1. The largest absolute Gasteiger partial charge is 0.396 e. The van der Waals surface area contributed by atoms with Gasteiger partial charge >= 0.3 is 0 Å². The third kappa shape index (κ3) is 4.18. The van der Waals surface area contributed by atoms with Crippen LogP contribution in [0.3, 0.4) is 0 Å². The summed E-state index contributed by atoms with van der Waals surface area (Å²) in [7, 11) is 0. The van der Waals surface area contributed by atoms with Crippen molar-refractivity contribution in [3.8, 4) is 6.07 Å². The van der Waals surface area contributed by atoms with Crippen molar-refractivity contribution in [2.45, 2.75) is 38.8 Å². The molecule has 0 amide bonds. The Morgan fingerprint density at radius 3 is 2.82 bits per heavy atom. The lowest BCUT2D eigenvalue weighted by molar-refractivity contribution is 0.214. The molecule has 3 heteroatoms. The van der Waals surface area contributed by atoms with Crippen LogP contribution >= 0.6 is 0 Å². The molecule has 0 aliphatic rings. The molecule has 0 radical (unpaired) electrons. The monoisotopic (exact) mass is 232 g/mol. The second-order valence-corrected chi connectivity index (χ2v) is 4.55. The summed E-state index contributed by atoms with van der Waals surface area (Å²) in [5, 5.41) is 21.3. The minimum atomic E-state index is -0.0442. The van der Waals surface area contributed by atoms with Crippen molar-refractivity contribution >= 4 is 0 Å². The van der Waals surface area contributed by atoms with Crippen LogP contribution in [0, 0.1) is 11.3 Å². The molecule has 0 bridgehead atoms. The Hall–Kier alpha value is -1.37. The highest BCUT2D eigenvalue weighted by Gasteiger charge is 2.20. The van der Waals surface area contributed by atoms with E-state index in [2.05, 4.69) is 25.2 Å². The minimum absolute atomic E-state index is 0.0442. The second kappa shape index (κ2) is 6.39. The molecule has 2 N–H and O–H groups in total. The van der Waals surface area contributed by atoms with E-state index in [-0.39, 0.29) is 12.1 Å². The molecule has 1 unspecified atom stereocenters. The lowest BCUT2D eigenvalue weighted by atomic mass is 9.94. The molecule has 0 aromatic heterocycles. The number of hydrogen-bond acceptors (Lipinski definition) is 3. The molecular weight excluding hydrogens is 212 g/mol. The Balaban J connectivity index is 2.63. The molecule has 0 saturated heterocycles. The van der Waals surface area contributed by atoms with Gasteiger partial charge < -0.3 is 10.4 Å². The van der Waals surface area contributed by atoms with E-state index in [4.69, 9.17) is 10.4 Å². The second-order valence-electron chi connectivity index (χ2n) is 4.55. The van der Waals surface area contributed by atoms with Crippen molar-refractivity contribution in [1.29, 1.82) is 5.26 Å². The Kier molecular flexibility index (Phi) is 5.14. The maximum Gasteiger partial charge on any atom is 0.0991 e. The number of nitrogens with one attached hydrogen (secondary N) is 1. The van der Waals surface area contributed by atoms with E-state index in [1.54, 1.807) is 6.07 Å². The predicted molar refractivity (Wildman–Crippen MR) is 68.4 cm³/mol. The van der Waals surface area contributed by atoms with Crippen LogP contribution in [0.15, 0.2) is 24.3 Å². The van der Waals surface area contributed by atoms with E-state index >= 15 is 0 Å². The molecule has 17 heavy (non-hydrogen) atoms. The topological polar surface area (TPSA) is 56.0 Å². The minimum Gasteiger partial charge on any atom is -0.396 e. The average Bonchev–Trinajstić information content (AvgIpc) is 2.37. The number of rotatable bonds is 6. The first kappa shape index (κ1) is 13.7. The van der Waals surface area contributed by atoms with Gasteiger partial charge in [-0.05, 0) is 37.5 Å². The molecule has 0 fully saturated rings. The Bertz CT molecular complexity index is 397. The van der Waals surface area contributed by atoms with Gasteiger partial charge in [0.15, 0.2) is 0 Å². The maximum atomic E-state index is 9.03. The lowest BCUT2D eigenvalue weighted by Gasteiger charge is -2.29. The molecule has 3 nitrogen and oxygen atoms in total. The highest BCUT2D eigenvalue weighted by atomic mass is 16.3. The van der Waals surface area contributed by atoms with Gasteiger partial charge in [0.25, 0.3) is 0 Å². The van der Waals surface area contributed by atoms with Crippen LogP contribution in [0.5, 0.6) is 0 Å². The first-order chi connectivity index (χ1) is 8.13. The van der Waals surface area contributed by atoms with Crippen LogP contribution in [0.25, 0.3) is 0 Å². The van der Waals surface area contributed by atoms with E-state index < -0.39 is 0 Å². The normalized spacial score (nSPS) is 14.0. The van der Waals surface area contributed by atoms with Crippen molar-refractivity contribution in [3.05, 3.63) is 35.4 Å². The summed E-state index contributed by atoms with van der Waals surface area (Å²) in [6.45, 7) is 5.13. The van der Waals surface area contributed by atoms with Crippen molar-refractivity contribution in [2.24, 2.45) is 0 Å². The number of aliphatic hydroxyl groups excluding tert-OH is 1. The fraction of sp³-hybridized carbons (Fsp3) is 0.500. The molecule has 0 heterocycles. The first-order valence-electron chi connectivity index (χ1n) is 5.98. The fourth-order valence-electron chi connectivity index (χ4n) is 1.70. The number of nitrogens with zero attached hydrogens (tertiary/aromatic N) is 1. The van der Waals surface area contributed by atoms with Crippen LogP contribution in [0.2, 0.25) is 0 Å². The lowest BCUT2D eigenvalue weighted by Crippen LogP contribution is -2.42. The Morgan fingerprint density at radius 1 is 1.47 bits per heavy atom. The van der Waals surface area contributed by atoms with Crippen molar-refractivity contribution < 1.29 is 5.11 Å². The molecule has 1 rings (SSSR count). The molecule has 0 aliphatic carbocycles. The van der Waals surface area contributed by atoms with E-state index in [1.807, 2.05) is 18.2 Å². The standard InChI is InChI=1S/C14H20N2O/c1-3-14(2,7-8-17)16-11-13-6-4-5-12(9-13)10-15/h4-6,9,16-17H,3,7-8,11H2,1-2H3. The summed E-state index contributed by atoms with van der Waals surface area (Å²) in [6.07, 6.45) is 1.70. The molecule has 1 atom stereocenters. The van der Waals surface area contributed by atoms with Gasteiger partial charge in [-0.2, -0.15) is 5.26 Å². The fourth-order valence-corrected chi connectivity index (χ4v) is 1.70. The van der Waals surface area contributed by atoms with Crippen LogP contribution in [-0.4, -0.2) is 17.3 Å². The average molecular weight is 232 g/mol. The van der Waals surface area contributed by atoms with Crippen LogP contribution in [0.1, 0.15) is 37.8 Å². The summed E-state index contributed by atoms with van der Waals surface area (Å²) in [5.41, 5.74) is 1.74. The van der Waals surface area contributed by atoms with Gasteiger partial charge in [0, 0.05) is 18.7 Å². The van der Waals surface area contributed by atoms with Crippen molar-refractivity contribution in [3.63, 3.8) is 0 Å². The highest BCUT2D eigenvalue weighted by Crippen LogP contribution is 2.15. The molecule has 0 saturated carbocycles. The van der Waals surface area contributed by atoms with Crippen LogP contribution < -0.4 is 5.32 Å². The van der Waals surface area contributed by atoms with Gasteiger partial charge in [-0.25, -0.2) is 0 Å². The Labute approximate surface area is 103 Å². The zero-order chi connectivity index (χ0) is 12.7. The van der Waals surface area contributed by atoms with Gasteiger partial charge in [0.1, 0.15) is 0 Å². The smallest absolute Gasteiger partial charge is 0.0991 e. The van der Waals surface area contributed by atoms with Crippen LogP contribution in [-0.2, 0) is 6.54 Å². The van der Waals surface area contributed by atoms with E-state index in [0.29, 0.717) is 5.56 Å². The molecular formula is C14H20N2O. The zero-order valence-electron chi connectivity index (χ0n) is 10.5. The highest BCUT2D eigenvalue weighted by molar-refractivity contribution is 5.32. The third-order valence-corrected chi connectivity index (χ3v) is 3.22. The van der Waals surface area contributed by atoms with Gasteiger partial charge in [0.2, 0.25) is 0 Å². The zero-order valence-corrected chi connectivity index (χ0v) is 10.5. The Morgan fingerprint density at radius 2 is 2.24 bits per heavy atom. The maximum absolute atomic E-state index is 9.03. The van der Waals surface area contributed by atoms with E-state index in [0.717, 1.165) is 24.9 Å². The first-order valence-corrected chi connectivity index (χ1v) is 5.98. The molecule has 1 aromatic rings. The number of benzene rings is 1. The third-order valence-electron chi connectivity index (χ3n) is 3.22. The summed E-state index contributed by atoms with van der Waals surface area (Å²) in [5.74, 6) is 0. The summed E-state index contributed by atoms with van der Waals surface area (Å²) in [6, 6.07) is 9.73. The van der Waals surface area contributed by atoms with Gasteiger partial charge in [-0.3, -0.25) is 0 Å². The summed E-state index contributed by atoms with van der Waals surface area (Å²) >= 11 is 0. The SMILES string of the molecule is CCC(C)(CCO)NCc1cccc(C#N)c1. The van der Waals surface area contributed by atoms with Gasteiger partial charge in [-0.15, -0.1) is 0 Å². The van der Waals surface area contributed by atoms with E-state index in [9.17, 15) is 0 Å². The van der Waals surface area contributed by atoms with Crippen molar-refractivity contribution in [2.75, 3.05) is 6.61 Å². The van der Waals surface area contributed by atoms with Gasteiger partial charge in [0.05, 0.1) is 11.6 Å². The quantitative estimate of drug-likeness (QED) is 0.790. The summed E-state index contributed by atoms with van der Waals surface area (Å²) < 4.78 is 0. The molecule has 92 valence electrons. The van der Waals surface area contributed by atoms with Gasteiger partial charge in [-0.1, -0.05) is 19.1 Å². The van der Waals surface area contributed by atoms with Crippen LogP contribution in [0.4, 0.5) is 0 Å². The molecule has 0 spiro atoms. The van der Waals surface area contributed by atoms with Crippen molar-refractivity contribution in [1.82, 2.24) is 5.32 Å². The van der Waals surface area contributed by atoms with E-state index in [1.165, 1.54) is 0 Å². The predicted octanol–water partition coefficient (Wildman–Crippen LogP) is 2.20.